The summed E-state index contributed by atoms with van der Waals surface area (Å²) >= 11 is 3.18. The number of thioether (sulfide) groups is 2. The van der Waals surface area contributed by atoms with E-state index in [4.69, 9.17) is 4.74 Å². The molecule has 1 aliphatic heterocycles. The quantitative estimate of drug-likeness (QED) is 0.604. The molecule has 0 spiro atoms. The summed E-state index contributed by atoms with van der Waals surface area (Å²) in [6.07, 6.45) is 5.29. The number of epoxide rings is 1. The largest absolute Gasteiger partial charge is 0.356 e. The van der Waals surface area contributed by atoms with Crippen molar-refractivity contribution >= 4 is 29.3 Å². The molecule has 0 amide bonds. The van der Waals surface area contributed by atoms with Crippen LogP contribution >= 0.6 is 23.5 Å². The van der Waals surface area contributed by atoms with Crippen molar-refractivity contribution in [3.8, 4) is 0 Å². The van der Waals surface area contributed by atoms with E-state index in [0.717, 1.165) is 9.80 Å². The third kappa shape index (κ3) is 3.15. The van der Waals surface area contributed by atoms with Gasteiger partial charge in [0.25, 0.3) is 0 Å². The Morgan fingerprint density at radius 1 is 1.24 bits per heavy atom. The fourth-order valence-corrected chi connectivity index (χ4v) is 2.76. The SMILES string of the molecule is CSC(=CC(=O)[C@H]1O[C@@H]1c1ccccc1)SC. The zero-order valence-electron chi connectivity index (χ0n) is 9.75. The molecule has 2 atom stereocenters. The summed E-state index contributed by atoms with van der Waals surface area (Å²) in [7, 11) is 0. The van der Waals surface area contributed by atoms with E-state index < -0.39 is 0 Å². The van der Waals surface area contributed by atoms with E-state index in [1.807, 2.05) is 42.8 Å². The molecular weight excluding hydrogens is 252 g/mol. The number of carbonyl (C=O) groups excluding carboxylic acids is 1. The van der Waals surface area contributed by atoms with Crippen LogP contribution in [0, 0.1) is 0 Å². The third-order valence-electron chi connectivity index (χ3n) is 2.56. The van der Waals surface area contributed by atoms with Crippen LogP contribution in [0.5, 0.6) is 0 Å². The Bertz CT molecular complexity index is 422. The second kappa shape index (κ2) is 5.76. The molecule has 1 saturated heterocycles. The number of hydrogen-bond donors (Lipinski definition) is 0. The number of carbonyl (C=O) groups is 1. The minimum Gasteiger partial charge on any atom is -0.356 e. The minimum absolute atomic E-state index is 0.0510. The van der Waals surface area contributed by atoms with E-state index in [-0.39, 0.29) is 18.0 Å². The highest BCUT2D eigenvalue weighted by atomic mass is 32.2. The lowest BCUT2D eigenvalue weighted by atomic mass is 10.1. The molecular formula is C13H14O2S2. The first kappa shape index (κ1) is 12.7. The van der Waals surface area contributed by atoms with Gasteiger partial charge in [0.05, 0.1) is 0 Å². The highest BCUT2D eigenvalue weighted by molar-refractivity contribution is 8.21. The van der Waals surface area contributed by atoms with Gasteiger partial charge in [0, 0.05) is 10.3 Å². The Kier molecular flexibility index (Phi) is 4.31. The molecule has 0 unspecified atom stereocenters. The molecule has 0 saturated carbocycles. The average Bonchev–Trinajstić information content (AvgIpc) is 3.17. The predicted molar refractivity (Wildman–Crippen MR) is 74.2 cm³/mol. The Balaban J connectivity index is 1.99. The number of ketones is 1. The smallest absolute Gasteiger partial charge is 0.189 e. The van der Waals surface area contributed by atoms with Gasteiger partial charge in [-0.05, 0) is 18.1 Å². The van der Waals surface area contributed by atoms with Crippen molar-refractivity contribution in [2.24, 2.45) is 0 Å². The summed E-state index contributed by atoms with van der Waals surface area (Å²) in [6, 6.07) is 9.87. The maximum atomic E-state index is 11.9. The third-order valence-corrected chi connectivity index (χ3v) is 4.60. The van der Waals surface area contributed by atoms with Crippen LogP contribution in [0.4, 0.5) is 0 Å². The molecule has 90 valence electrons. The zero-order valence-corrected chi connectivity index (χ0v) is 11.4. The Hall–Kier alpha value is -0.710. The molecule has 1 aromatic rings. The molecule has 1 aromatic carbocycles. The first-order chi connectivity index (χ1) is 8.26. The van der Waals surface area contributed by atoms with Crippen LogP contribution in [0.25, 0.3) is 0 Å². The number of ether oxygens (including phenoxy) is 1. The minimum atomic E-state index is -0.285. The second-order valence-corrected chi connectivity index (χ2v) is 5.62. The molecule has 17 heavy (non-hydrogen) atoms. The van der Waals surface area contributed by atoms with Gasteiger partial charge < -0.3 is 4.74 Å². The van der Waals surface area contributed by atoms with Gasteiger partial charge >= 0.3 is 0 Å². The van der Waals surface area contributed by atoms with Crippen LogP contribution < -0.4 is 0 Å². The summed E-state index contributed by atoms with van der Waals surface area (Å²) in [6.45, 7) is 0. The predicted octanol–water partition coefficient (Wildman–Crippen LogP) is 3.26. The van der Waals surface area contributed by atoms with Crippen molar-refractivity contribution in [3.05, 3.63) is 46.2 Å². The highest BCUT2D eigenvalue weighted by Crippen LogP contribution is 2.40. The number of rotatable bonds is 5. The molecule has 2 nitrogen and oxygen atoms in total. The normalized spacial score (nSPS) is 22.0. The van der Waals surface area contributed by atoms with Gasteiger partial charge in [-0.25, -0.2) is 0 Å². The van der Waals surface area contributed by atoms with Crippen LogP contribution in [0.1, 0.15) is 11.7 Å². The molecule has 1 aliphatic rings. The van der Waals surface area contributed by atoms with Crippen molar-refractivity contribution in [2.45, 2.75) is 12.2 Å². The maximum Gasteiger partial charge on any atom is 0.189 e. The Labute approximate surface area is 110 Å². The first-order valence-electron chi connectivity index (χ1n) is 5.30. The van der Waals surface area contributed by atoms with Gasteiger partial charge in [0.1, 0.15) is 6.10 Å². The van der Waals surface area contributed by atoms with E-state index in [1.54, 1.807) is 29.6 Å². The summed E-state index contributed by atoms with van der Waals surface area (Å²) in [4.78, 5) is 11.9. The molecule has 0 radical (unpaired) electrons. The number of hydrogen-bond acceptors (Lipinski definition) is 4. The van der Waals surface area contributed by atoms with Crippen LogP contribution in [0.15, 0.2) is 40.6 Å². The van der Waals surface area contributed by atoms with E-state index >= 15 is 0 Å². The second-order valence-electron chi connectivity index (χ2n) is 3.66. The van der Waals surface area contributed by atoms with E-state index in [2.05, 4.69) is 0 Å². The van der Waals surface area contributed by atoms with E-state index in [0.29, 0.717) is 0 Å². The van der Waals surface area contributed by atoms with Crippen molar-refractivity contribution in [2.75, 3.05) is 12.5 Å². The summed E-state index contributed by atoms with van der Waals surface area (Å²) in [5, 5.41) is 0. The monoisotopic (exact) mass is 266 g/mol. The molecule has 4 heteroatoms. The van der Waals surface area contributed by atoms with Crippen molar-refractivity contribution in [1.82, 2.24) is 0 Å². The van der Waals surface area contributed by atoms with Gasteiger partial charge in [-0.3, -0.25) is 4.79 Å². The van der Waals surface area contributed by atoms with E-state index in [1.165, 1.54) is 0 Å². The topological polar surface area (TPSA) is 29.6 Å². The summed E-state index contributed by atoms with van der Waals surface area (Å²) in [5.41, 5.74) is 1.08. The maximum absolute atomic E-state index is 11.9. The molecule has 0 N–H and O–H groups in total. The van der Waals surface area contributed by atoms with Gasteiger partial charge in [-0.2, -0.15) is 0 Å². The van der Waals surface area contributed by atoms with Crippen LogP contribution in [-0.4, -0.2) is 24.4 Å². The Morgan fingerprint density at radius 3 is 2.47 bits per heavy atom. The van der Waals surface area contributed by atoms with Gasteiger partial charge in [-0.1, -0.05) is 30.3 Å². The lowest BCUT2D eigenvalue weighted by Gasteiger charge is -1.97. The summed E-state index contributed by atoms with van der Waals surface area (Å²) in [5.74, 6) is 0.0672. The van der Waals surface area contributed by atoms with Crippen molar-refractivity contribution in [1.29, 1.82) is 0 Å². The van der Waals surface area contributed by atoms with Gasteiger partial charge in [-0.15, -0.1) is 23.5 Å². The molecule has 2 rings (SSSR count). The van der Waals surface area contributed by atoms with Crippen LogP contribution in [-0.2, 0) is 9.53 Å². The zero-order chi connectivity index (χ0) is 12.3. The van der Waals surface area contributed by atoms with Crippen LogP contribution in [0.3, 0.4) is 0 Å². The summed E-state index contributed by atoms with van der Waals surface area (Å²) < 4.78 is 6.47. The first-order valence-corrected chi connectivity index (χ1v) is 7.75. The number of benzene rings is 1. The molecule has 1 fully saturated rings. The van der Waals surface area contributed by atoms with Gasteiger partial charge in [0.15, 0.2) is 11.9 Å². The fraction of sp³-hybridized carbons (Fsp3) is 0.308. The molecule has 1 heterocycles. The lowest BCUT2D eigenvalue weighted by molar-refractivity contribution is -0.115. The Morgan fingerprint density at radius 2 is 1.88 bits per heavy atom. The molecule has 0 aromatic heterocycles. The van der Waals surface area contributed by atoms with Gasteiger partial charge in [0.2, 0.25) is 0 Å². The van der Waals surface area contributed by atoms with E-state index in [9.17, 15) is 4.79 Å². The highest BCUT2D eigenvalue weighted by Gasteiger charge is 2.44. The standard InChI is InChI=1S/C13H14O2S2/c1-16-11(17-2)8-10(14)13-12(15-13)9-6-4-3-5-7-9/h3-8,12-13H,1-2H3/t12-,13-/m1/s1. The van der Waals surface area contributed by atoms with Crippen LogP contribution in [0.2, 0.25) is 0 Å². The molecule has 0 aliphatic carbocycles. The van der Waals surface area contributed by atoms with Crippen molar-refractivity contribution in [3.63, 3.8) is 0 Å². The lowest BCUT2D eigenvalue weighted by Crippen LogP contribution is -2.04. The average molecular weight is 266 g/mol. The molecule has 0 bridgehead atoms. The van der Waals surface area contributed by atoms with Crippen molar-refractivity contribution < 1.29 is 9.53 Å². The fourth-order valence-electron chi connectivity index (χ4n) is 1.62.